The summed E-state index contributed by atoms with van der Waals surface area (Å²) < 4.78 is 50.7. The van der Waals surface area contributed by atoms with Gasteiger partial charge in [-0.15, -0.1) is 5.10 Å². The summed E-state index contributed by atoms with van der Waals surface area (Å²) in [5.74, 6) is -1.20. The normalized spacial score (nSPS) is 13.9. The van der Waals surface area contributed by atoms with Crippen molar-refractivity contribution in [2.75, 3.05) is 13.2 Å². The Morgan fingerprint density at radius 1 is 1.10 bits per heavy atom. The topological polar surface area (TPSA) is 88.9 Å². The number of hydrogen-bond donors (Lipinski definition) is 2. The summed E-state index contributed by atoms with van der Waals surface area (Å²) in [7, 11) is 0. The van der Waals surface area contributed by atoms with Gasteiger partial charge in [0.25, 0.3) is 11.8 Å². The van der Waals surface area contributed by atoms with Crippen LogP contribution < -0.4 is 10.6 Å². The molecule has 1 fully saturated rings. The molecule has 11 heteroatoms. The van der Waals surface area contributed by atoms with Crippen molar-refractivity contribution in [1.29, 1.82) is 0 Å². The summed E-state index contributed by atoms with van der Waals surface area (Å²) in [4.78, 5) is 24.3. The van der Waals surface area contributed by atoms with E-state index in [1.54, 1.807) is 5.32 Å². The van der Waals surface area contributed by atoms with E-state index in [-0.39, 0.29) is 23.2 Å². The summed E-state index contributed by atoms with van der Waals surface area (Å²) in [6.07, 6.45) is -1.48. The first-order valence-corrected chi connectivity index (χ1v) is 9.55. The van der Waals surface area contributed by atoms with Crippen LogP contribution in [0, 0.1) is 0 Å². The Morgan fingerprint density at radius 3 is 2.40 bits per heavy atom. The maximum Gasteiger partial charge on any atom is 0.405 e. The highest BCUT2D eigenvalue weighted by Crippen LogP contribution is 2.21. The van der Waals surface area contributed by atoms with Crippen molar-refractivity contribution in [1.82, 2.24) is 25.6 Å². The summed E-state index contributed by atoms with van der Waals surface area (Å²) >= 11 is 0. The number of halogens is 4. The summed E-state index contributed by atoms with van der Waals surface area (Å²) in [5.41, 5.74) is 1.20. The summed E-state index contributed by atoms with van der Waals surface area (Å²) in [6.45, 7) is -1.90. The molecule has 1 heterocycles. The Hall–Kier alpha value is -2.98. The zero-order valence-electron chi connectivity index (χ0n) is 16.0. The van der Waals surface area contributed by atoms with E-state index >= 15 is 0 Å². The third-order valence-electron chi connectivity index (χ3n) is 4.51. The SMILES string of the molecule is O=C(NCC(F)(F)F)c1ccc(-n2nnc(C(=O)NC3CC3)c2CCCCF)cc1. The molecule has 1 saturated carbocycles. The molecule has 1 aliphatic carbocycles. The van der Waals surface area contributed by atoms with Crippen LogP contribution in [-0.4, -0.2) is 52.2 Å². The minimum absolute atomic E-state index is 0.0498. The number of aromatic nitrogens is 3. The van der Waals surface area contributed by atoms with E-state index in [1.807, 2.05) is 0 Å². The van der Waals surface area contributed by atoms with Crippen LogP contribution in [0.5, 0.6) is 0 Å². The molecular formula is C19H21F4N5O2. The highest BCUT2D eigenvalue weighted by molar-refractivity contribution is 5.95. The number of nitrogens with zero attached hydrogens (tertiary/aromatic N) is 3. The third kappa shape index (κ3) is 5.77. The molecule has 7 nitrogen and oxygen atoms in total. The fourth-order valence-corrected chi connectivity index (χ4v) is 2.81. The fourth-order valence-electron chi connectivity index (χ4n) is 2.81. The minimum atomic E-state index is -4.50. The van der Waals surface area contributed by atoms with Gasteiger partial charge in [0, 0.05) is 11.6 Å². The number of amides is 2. The average Bonchev–Trinajstić information content (AvgIpc) is 3.42. The molecule has 0 unspecified atom stereocenters. The largest absolute Gasteiger partial charge is 0.405 e. The van der Waals surface area contributed by atoms with Gasteiger partial charge in [-0.25, -0.2) is 4.68 Å². The van der Waals surface area contributed by atoms with Crippen molar-refractivity contribution in [3.8, 4) is 5.69 Å². The number of nitrogens with one attached hydrogen (secondary N) is 2. The van der Waals surface area contributed by atoms with Gasteiger partial charge >= 0.3 is 6.18 Å². The van der Waals surface area contributed by atoms with Crippen LogP contribution in [0.4, 0.5) is 17.6 Å². The van der Waals surface area contributed by atoms with E-state index in [2.05, 4.69) is 15.6 Å². The van der Waals surface area contributed by atoms with Crippen molar-refractivity contribution in [3.63, 3.8) is 0 Å². The predicted molar refractivity (Wildman–Crippen MR) is 99.1 cm³/mol. The molecule has 2 N–H and O–H groups in total. The van der Waals surface area contributed by atoms with Gasteiger partial charge in [0.1, 0.15) is 6.54 Å². The molecule has 0 radical (unpaired) electrons. The van der Waals surface area contributed by atoms with Crippen molar-refractivity contribution >= 4 is 11.8 Å². The molecule has 30 heavy (non-hydrogen) atoms. The smallest absolute Gasteiger partial charge is 0.348 e. The molecule has 0 bridgehead atoms. The monoisotopic (exact) mass is 427 g/mol. The predicted octanol–water partition coefficient (Wildman–Crippen LogP) is 2.74. The van der Waals surface area contributed by atoms with Crippen LogP contribution in [0.1, 0.15) is 52.2 Å². The molecule has 1 aromatic heterocycles. The molecular weight excluding hydrogens is 406 g/mol. The first-order valence-electron chi connectivity index (χ1n) is 9.55. The second-order valence-corrected chi connectivity index (χ2v) is 7.04. The summed E-state index contributed by atoms with van der Waals surface area (Å²) in [5, 5.41) is 12.6. The van der Waals surface area contributed by atoms with E-state index < -0.39 is 25.3 Å². The van der Waals surface area contributed by atoms with Crippen molar-refractivity contribution in [3.05, 3.63) is 41.2 Å². The molecule has 2 amide bonds. The van der Waals surface area contributed by atoms with E-state index in [4.69, 9.17) is 0 Å². The molecule has 0 spiro atoms. The van der Waals surface area contributed by atoms with E-state index in [9.17, 15) is 27.2 Å². The van der Waals surface area contributed by atoms with E-state index in [1.165, 1.54) is 28.9 Å². The zero-order chi connectivity index (χ0) is 21.7. The molecule has 1 aromatic carbocycles. The molecule has 0 atom stereocenters. The third-order valence-corrected chi connectivity index (χ3v) is 4.51. The van der Waals surface area contributed by atoms with Crippen LogP contribution in [0.2, 0.25) is 0 Å². The molecule has 0 saturated heterocycles. The number of rotatable bonds is 9. The van der Waals surface area contributed by atoms with Crippen molar-refractivity contribution < 1.29 is 27.2 Å². The van der Waals surface area contributed by atoms with Crippen LogP contribution in [-0.2, 0) is 6.42 Å². The highest BCUT2D eigenvalue weighted by Gasteiger charge is 2.29. The standard InChI is InChI=1S/C19H21F4N5O2/c20-10-2-1-3-15-16(18(30)25-13-6-7-13)26-27-28(15)14-8-4-12(5-9-14)17(29)24-11-19(21,22)23/h4-5,8-9,13H,1-3,6-7,10-11H2,(H,24,29)(H,25,30). The van der Waals surface area contributed by atoms with Crippen molar-refractivity contribution in [2.45, 2.75) is 44.3 Å². The van der Waals surface area contributed by atoms with Gasteiger partial charge in [0.05, 0.1) is 18.1 Å². The Bertz CT molecular complexity index is 891. The van der Waals surface area contributed by atoms with Crippen LogP contribution in [0.3, 0.4) is 0 Å². The Kier molecular flexibility index (Phi) is 6.68. The number of hydrogen-bond acceptors (Lipinski definition) is 4. The van der Waals surface area contributed by atoms with Crippen LogP contribution >= 0.6 is 0 Å². The zero-order valence-corrected chi connectivity index (χ0v) is 16.0. The fraction of sp³-hybridized carbons (Fsp3) is 0.474. The lowest BCUT2D eigenvalue weighted by atomic mass is 10.1. The Balaban J connectivity index is 1.78. The maximum absolute atomic E-state index is 12.5. The lowest BCUT2D eigenvalue weighted by molar-refractivity contribution is -0.123. The van der Waals surface area contributed by atoms with Crippen LogP contribution in [0.25, 0.3) is 5.69 Å². The number of alkyl halides is 4. The first kappa shape index (κ1) is 21.7. The van der Waals surface area contributed by atoms with Gasteiger partial charge in [-0.3, -0.25) is 14.0 Å². The van der Waals surface area contributed by atoms with Gasteiger partial charge in [0.2, 0.25) is 0 Å². The van der Waals surface area contributed by atoms with Gasteiger partial charge in [-0.2, -0.15) is 13.2 Å². The molecule has 0 aliphatic heterocycles. The molecule has 162 valence electrons. The maximum atomic E-state index is 12.5. The Morgan fingerprint density at radius 2 is 1.80 bits per heavy atom. The molecule has 3 rings (SSSR count). The number of carbonyl (C=O) groups is 2. The second kappa shape index (κ2) is 9.23. The number of carbonyl (C=O) groups excluding carboxylic acids is 2. The van der Waals surface area contributed by atoms with E-state index in [0.717, 1.165) is 12.8 Å². The lowest BCUT2D eigenvalue weighted by Crippen LogP contribution is -2.33. The molecule has 2 aromatic rings. The highest BCUT2D eigenvalue weighted by atomic mass is 19.4. The number of unbranched alkanes of at least 4 members (excludes halogenated alkanes) is 1. The molecule has 1 aliphatic rings. The van der Waals surface area contributed by atoms with E-state index in [0.29, 0.717) is 30.6 Å². The number of benzene rings is 1. The van der Waals surface area contributed by atoms with Gasteiger partial charge in [-0.05, 0) is 56.4 Å². The van der Waals surface area contributed by atoms with Crippen molar-refractivity contribution in [2.24, 2.45) is 0 Å². The van der Waals surface area contributed by atoms with Gasteiger partial charge in [-0.1, -0.05) is 5.21 Å². The quantitative estimate of drug-likeness (QED) is 0.476. The summed E-state index contributed by atoms with van der Waals surface area (Å²) in [6, 6.07) is 5.85. The Labute approximate surface area is 169 Å². The van der Waals surface area contributed by atoms with Crippen LogP contribution in [0.15, 0.2) is 24.3 Å². The average molecular weight is 427 g/mol. The minimum Gasteiger partial charge on any atom is -0.348 e. The first-order chi connectivity index (χ1) is 14.3. The van der Waals surface area contributed by atoms with Gasteiger partial charge in [0.15, 0.2) is 5.69 Å². The second-order valence-electron chi connectivity index (χ2n) is 7.04. The lowest BCUT2D eigenvalue weighted by Gasteiger charge is -2.10. The van der Waals surface area contributed by atoms with Gasteiger partial charge < -0.3 is 10.6 Å².